The number of piperazine rings is 1. The number of nitrogens with zero attached hydrogens (tertiary/aromatic N) is 2. The van der Waals surface area contributed by atoms with E-state index in [0.29, 0.717) is 31.7 Å². The first kappa shape index (κ1) is 13.5. The summed E-state index contributed by atoms with van der Waals surface area (Å²) in [7, 11) is 1.37. The van der Waals surface area contributed by atoms with Crippen molar-refractivity contribution in [2.45, 2.75) is 0 Å². The number of carbonyl (C=O) groups is 2. The Morgan fingerprint density at radius 1 is 1.10 bits per heavy atom. The van der Waals surface area contributed by atoms with Crippen LogP contribution in [0.15, 0.2) is 30.5 Å². The Morgan fingerprint density at radius 2 is 1.81 bits per heavy atom. The Hall–Kier alpha value is -2.50. The van der Waals surface area contributed by atoms with E-state index in [1.165, 1.54) is 7.11 Å². The molecule has 1 aromatic heterocycles. The molecule has 2 aromatic rings. The van der Waals surface area contributed by atoms with Crippen molar-refractivity contribution >= 4 is 22.9 Å². The van der Waals surface area contributed by atoms with Gasteiger partial charge in [0.05, 0.1) is 7.11 Å². The van der Waals surface area contributed by atoms with Gasteiger partial charge < -0.3 is 19.5 Å². The Labute approximate surface area is 122 Å². The largest absolute Gasteiger partial charge is 0.453 e. The fraction of sp³-hybridized carbons (Fsp3) is 0.333. The summed E-state index contributed by atoms with van der Waals surface area (Å²) in [6.07, 6.45) is 1.49. The van der Waals surface area contributed by atoms with E-state index in [0.717, 1.165) is 10.9 Å². The number of aromatic amines is 1. The number of benzene rings is 1. The van der Waals surface area contributed by atoms with Crippen LogP contribution in [0.1, 0.15) is 10.4 Å². The molecule has 0 unspecified atom stereocenters. The van der Waals surface area contributed by atoms with E-state index in [9.17, 15) is 9.59 Å². The Balaban J connectivity index is 1.75. The van der Waals surface area contributed by atoms with Gasteiger partial charge in [0, 0.05) is 48.8 Å². The lowest BCUT2D eigenvalue weighted by Gasteiger charge is -2.34. The molecule has 0 bridgehead atoms. The summed E-state index contributed by atoms with van der Waals surface area (Å²) in [4.78, 5) is 30.6. The minimum atomic E-state index is -0.338. The van der Waals surface area contributed by atoms with Crippen LogP contribution >= 0.6 is 0 Å². The van der Waals surface area contributed by atoms with Gasteiger partial charge in [-0.15, -0.1) is 0 Å². The molecule has 6 heteroatoms. The molecule has 0 atom stereocenters. The lowest BCUT2D eigenvalue weighted by Crippen LogP contribution is -2.50. The number of aromatic nitrogens is 1. The zero-order valence-corrected chi connectivity index (χ0v) is 11.8. The number of carbonyl (C=O) groups excluding carboxylic acids is 2. The van der Waals surface area contributed by atoms with Gasteiger partial charge in [0.1, 0.15) is 0 Å². The molecule has 0 aliphatic carbocycles. The molecule has 110 valence electrons. The monoisotopic (exact) mass is 287 g/mol. The number of hydrogen-bond acceptors (Lipinski definition) is 3. The van der Waals surface area contributed by atoms with E-state index in [-0.39, 0.29) is 12.0 Å². The van der Waals surface area contributed by atoms with Gasteiger partial charge in [0.15, 0.2) is 0 Å². The molecule has 1 aromatic carbocycles. The molecule has 21 heavy (non-hydrogen) atoms. The molecule has 1 saturated heterocycles. The fourth-order valence-electron chi connectivity index (χ4n) is 2.66. The third kappa shape index (κ3) is 2.44. The maximum atomic E-state index is 12.6. The average molecular weight is 287 g/mol. The molecule has 3 rings (SSSR count). The summed E-state index contributed by atoms with van der Waals surface area (Å²) in [5.41, 5.74) is 1.65. The third-order valence-corrected chi connectivity index (χ3v) is 3.83. The van der Waals surface area contributed by atoms with Crippen molar-refractivity contribution < 1.29 is 14.3 Å². The van der Waals surface area contributed by atoms with E-state index in [2.05, 4.69) is 4.98 Å². The minimum absolute atomic E-state index is 0.00437. The Kier molecular flexibility index (Phi) is 3.51. The highest BCUT2D eigenvalue weighted by Gasteiger charge is 2.25. The summed E-state index contributed by atoms with van der Waals surface area (Å²) in [6, 6.07) is 7.57. The Bertz CT molecular complexity index is 672. The van der Waals surface area contributed by atoms with Gasteiger partial charge in [-0.2, -0.15) is 0 Å². The van der Waals surface area contributed by atoms with Gasteiger partial charge in [-0.05, 0) is 18.2 Å². The molecule has 2 amide bonds. The highest BCUT2D eigenvalue weighted by molar-refractivity contribution is 6.06. The Morgan fingerprint density at radius 3 is 2.52 bits per heavy atom. The van der Waals surface area contributed by atoms with Crippen LogP contribution in [0.5, 0.6) is 0 Å². The number of ether oxygens (including phenoxy) is 1. The van der Waals surface area contributed by atoms with Crippen LogP contribution in [-0.2, 0) is 4.74 Å². The maximum absolute atomic E-state index is 12.6. The number of nitrogens with one attached hydrogen (secondary N) is 1. The van der Waals surface area contributed by atoms with Crippen molar-refractivity contribution in [1.82, 2.24) is 14.8 Å². The van der Waals surface area contributed by atoms with Crippen molar-refractivity contribution in [2.24, 2.45) is 0 Å². The standard InChI is InChI=1S/C15H17N3O3/c1-21-15(20)18-9-7-17(8-10-18)14(19)12-3-2-4-13-11(12)5-6-16-13/h2-6,16H,7-10H2,1H3. The quantitative estimate of drug-likeness (QED) is 0.868. The van der Waals surface area contributed by atoms with Crippen LogP contribution in [0.25, 0.3) is 10.9 Å². The second-order valence-electron chi connectivity index (χ2n) is 4.99. The van der Waals surface area contributed by atoms with Crippen molar-refractivity contribution in [3.63, 3.8) is 0 Å². The van der Waals surface area contributed by atoms with Crippen molar-refractivity contribution in [3.8, 4) is 0 Å². The van der Waals surface area contributed by atoms with Crippen LogP contribution in [0.2, 0.25) is 0 Å². The van der Waals surface area contributed by atoms with Crippen LogP contribution in [0.3, 0.4) is 0 Å². The van der Waals surface area contributed by atoms with E-state index < -0.39 is 0 Å². The van der Waals surface area contributed by atoms with Crippen LogP contribution < -0.4 is 0 Å². The number of hydrogen-bond donors (Lipinski definition) is 1. The summed E-state index contributed by atoms with van der Waals surface area (Å²) in [5, 5.41) is 0.929. The highest BCUT2D eigenvalue weighted by Crippen LogP contribution is 2.19. The molecule has 1 N–H and O–H groups in total. The number of fused-ring (bicyclic) bond motifs is 1. The van der Waals surface area contributed by atoms with Gasteiger partial charge in [0.2, 0.25) is 0 Å². The maximum Gasteiger partial charge on any atom is 0.409 e. The first-order chi connectivity index (χ1) is 10.2. The predicted molar refractivity (Wildman–Crippen MR) is 78.2 cm³/mol. The smallest absolute Gasteiger partial charge is 0.409 e. The zero-order chi connectivity index (χ0) is 14.8. The minimum Gasteiger partial charge on any atom is -0.453 e. The van der Waals surface area contributed by atoms with Crippen LogP contribution in [-0.4, -0.2) is 60.1 Å². The molecule has 1 aliphatic heterocycles. The second-order valence-corrected chi connectivity index (χ2v) is 4.99. The summed E-state index contributed by atoms with van der Waals surface area (Å²) >= 11 is 0. The number of methoxy groups -OCH3 is 1. The van der Waals surface area contributed by atoms with Crippen LogP contribution in [0.4, 0.5) is 4.79 Å². The van der Waals surface area contributed by atoms with E-state index in [1.54, 1.807) is 9.80 Å². The highest BCUT2D eigenvalue weighted by atomic mass is 16.5. The lowest BCUT2D eigenvalue weighted by atomic mass is 10.1. The molecule has 6 nitrogen and oxygen atoms in total. The molecule has 2 heterocycles. The molecular weight excluding hydrogens is 270 g/mol. The van der Waals surface area contributed by atoms with Gasteiger partial charge in [-0.25, -0.2) is 4.79 Å². The summed E-state index contributed by atoms with van der Waals surface area (Å²) in [6.45, 7) is 2.05. The normalized spacial score (nSPS) is 15.3. The molecule has 0 radical (unpaired) electrons. The SMILES string of the molecule is COC(=O)N1CCN(C(=O)c2cccc3[nH]ccc23)CC1. The molecule has 1 fully saturated rings. The van der Waals surface area contributed by atoms with Gasteiger partial charge in [-0.3, -0.25) is 4.79 Å². The van der Waals surface area contributed by atoms with Crippen LogP contribution in [0, 0.1) is 0 Å². The first-order valence-corrected chi connectivity index (χ1v) is 6.89. The van der Waals surface area contributed by atoms with Crippen molar-refractivity contribution in [2.75, 3.05) is 33.3 Å². The lowest BCUT2D eigenvalue weighted by molar-refractivity contribution is 0.0601. The third-order valence-electron chi connectivity index (χ3n) is 3.83. The summed E-state index contributed by atoms with van der Waals surface area (Å²) < 4.78 is 4.70. The molecule has 0 saturated carbocycles. The number of amides is 2. The fourth-order valence-corrected chi connectivity index (χ4v) is 2.66. The molecule has 0 spiro atoms. The van der Waals surface area contributed by atoms with Gasteiger partial charge in [0.25, 0.3) is 5.91 Å². The van der Waals surface area contributed by atoms with Gasteiger partial charge in [-0.1, -0.05) is 6.07 Å². The van der Waals surface area contributed by atoms with E-state index >= 15 is 0 Å². The molecular formula is C15H17N3O3. The first-order valence-electron chi connectivity index (χ1n) is 6.89. The van der Waals surface area contributed by atoms with E-state index in [4.69, 9.17) is 4.74 Å². The van der Waals surface area contributed by atoms with Gasteiger partial charge >= 0.3 is 6.09 Å². The topological polar surface area (TPSA) is 65.6 Å². The van der Waals surface area contributed by atoms with E-state index in [1.807, 2.05) is 30.5 Å². The van der Waals surface area contributed by atoms with Crippen molar-refractivity contribution in [1.29, 1.82) is 0 Å². The number of rotatable bonds is 1. The second kappa shape index (κ2) is 5.47. The zero-order valence-electron chi connectivity index (χ0n) is 11.8. The molecule has 1 aliphatic rings. The predicted octanol–water partition coefficient (Wildman–Crippen LogP) is 1.69. The summed E-state index contributed by atoms with van der Waals surface area (Å²) in [5.74, 6) is 0.00437. The van der Waals surface area contributed by atoms with Crippen molar-refractivity contribution in [3.05, 3.63) is 36.0 Å². The average Bonchev–Trinajstić information content (AvgIpc) is 3.02. The number of H-pyrrole nitrogens is 1.